The molecule has 106 valence electrons. The molecule has 0 spiro atoms. The van der Waals surface area contributed by atoms with E-state index in [1.54, 1.807) is 4.90 Å². The van der Waals surface area contributed by atoms with Crippen LogP contribution in [-0.4, -0.2) is 34.5 Å². The van der Waals surface area contributed by atoms with Gasteiger partial charge in [0.25, 0.3) is 0 Å². The molecule has 20 heavy (non-hydrogen) atoms. The molecule has 1 aliphatic carbocycles. The van der Waals surface area contributed by atoms with Crippen LogP contribution in [-0.2, 0) is 11.2 Å². The number of hydrogen-bond acceptors (Lipinski definition) is 2. The zero-order chi connectivity index (χ0) is 14.1. The smallest absolute Gasteiger partial charge is 0.407 e. The van der Waals surface area contributed by atoms with Crippen molar-refractivity contribution in [2.45, 2.75) is 31.7 Å². The molecule has 1 aliphatic heterocycles. The number of likely N-dealkylation sites (tertiary alicyclic amines) is 1. The highest BCUT2D eigenvalue weighted by atomic mass is 16.4. The van der Waals surface area contributed by atoms with E-state index >= 15 is 0 Å². The van der Waals surface area contributed by atoms with Crippen LogP contribution < -0.4 is 0 Å². The largest absolute Gasteiger partial charge is 0.465 e. The molecule has 1 saturated carbocycles. The van der Waals surface area contributed by atoms with E-state index in [9.17, 15) is 14.7 Å². The zero-order valence-corrected chi connectivity index (χ0v) is 11.4. The topological polar surface area (TPSA) is 57.6 Å². The van der Waals surface area contributed by atoms with Crippen LogP contribution in [0.3, 0.4) is 0 Å². The van der Waals surface area contributed by atoms with E-state index in [0.717, 1.165) is 12.0 Å². The van der Waals surface area contributed by atoms with E-state index in [-0.39, 0.29) is 17.9 Å². The molecule has 1 heterocycles. The minimum Gasteiger partial charge on any atom is -0.465 e. The van der Waals surface area contributed by atoms with Crippen molar-refractivity contribution in [1.29, 1.82) is 0 Å². The Labute approximate surface area is 118 Å². The Kier molecular flexibility index (Phi) is 3.47. The molecule has 2 fully saturated rings. The van der Waals surface area contributed by atoms with Crippen LogP contribution in [0, 0.1) is 11.8 Å². The fourth-order valence-electron chi connectivity index (χ4n) is 3.80. The third-order valence-corrected chi connectivity index (χ3v) is 4.76. The summed E-state index contributed by atoms with van der Waals surface area (Å²) in [4.78, 5) is 24.9. The fourth-order valence-corrected chi connectivity index (χ4v) is 3.80. The van der Waals surface area contributed by atoms with E-state index in [1.807, 2.05) is 30.3 Å². The van der Waals surface area contributed by atoms with E-state index in [0.29, 0.717) is 31.6 Å². The summed E-state index contributed by atoms with van der Waals surface area (Å²) in [5, 5.41) is 9.41. The molecule has 1 amide bonds. The molecule has 2 aliphatic rings. The molecule has 1 N–H and O–H groups in total. The number of hydrogen-bond donors (Lipinski definition) is 1. The third-order valence-electron chi connectivity index (χ3n) is 4.76. The van der Waals surface area contributed by atoms with Gasteiger partial charge in [-0.1, -0.05) is 30.3 Å². The van der Waals surface area contributed by atoms with Gasteiger partial charge in [-0.2, -0.15) is 0 Å². The van der Waals surface area contributed by atoms with Gasteiger partial charge in [0.05, 0.1) is 0 Å². The van der Waals surface area contributed by atoms with Crippen molar-refractivity contribution in [3.8, 4) is 0 Å². The molecule has 4 heteroatoms. The maximum atomic E-state index is 11.9. The van der Waals surface area contributed by atoms with Crippen molar-refractivity contribution < 1.29 is 14.7 Å². The Balaban J connectivity index is 1.85. The molecule has 3 rings (SSSR count). The first-order chi connectivity index (χ1) is 9.66. The number of piperidine rings is 1. The second-order valence-corrected chi connectivity index (χ2v) is 5.80. The minimum atomic E-state index is -0.858. The maximum absolute atomic E-state index is 11.9. The standard InChI is InChI=1S/C16H19NO3/c18-15-7-6-12-13(15)8-9-17(16(19)20)14(12)10-11-4-2-1-3-5-11/h1-5,12-14H,6-10H2,(H,19,20). The van der Waals surface area contributed by atoms with Gasteiger partial charge in [0.1, 0.15) is 5.78 Å². The maximum Gasteiger partial charge on any atom is 0.407 e. The summed E-state index contributed by atoms with van der Waals surface area (Å²) in [6.45, 7) is 0.486. The Morgan fingerprint density at radius 3 is 2.70 bits per heavy atom. The van der Waals surface area contributed by atoms with Crippen molar-refractivity contribution in [1.82, 2.24) is 4.90 Å². The number of fused-ring (bicyclic) bond motifs is 1. The SMILES string of the molecule is O=C1CCC2C1CCN(C(=O)O)C2Cc1ccccc1. The van der Waals surface area contributed by atoms with Crippen LogP contribution in [0.25, 0.3) is 0 Å². The van der Waals surface area contributed by atoms with E-state index in [4.69, 9.17) is 0 Å². The van der Waals surface area contributed by atoms with Crippen molar-refractivity contribution in [2.75, 3.05) is 6.54 Å². The normalized spacial score (nSPS) is 29.3. The molecule has 1 aromatic rings. The van der Waals surface area contributed by atoms with Crippen molar-refractivity contribution in [2.24, 2.45) is 11.8 Å². The van der Waals surface area contributed by atoms with Gasteiger partial charge in [0.15, 0.2) is 0 Å². The van der Waals surface area contributed by atoms with Gasteiger partial charge in [0.2, 0.25) is 0 Å². The lowest BCUT2D eigenvalue weighted by Gasteiger charge is -2.41. The molecule has 3 atom stereocenters. The molecular weight excluding hydrogens is 254 g/mol. The highest BCUT2D eigenvalue weighted by Gasteiger charge is 2.46. The van der Waals surface area contributed by atoms with Crippen LogP contribution in [0.15, 0.2) is 30.3 Å². The van der Waals surface area contributed by atoms with E-state index in [2.05, 4.69) is 0 Å². The van der Waals surface area contributed by atoms with Crippen molar-refractivity contribution in [3.05, 3.63) is 35.9 Å². The van der Waals surface area contributed by atoms with Crippen LogP contribution in [0.5, 0.6) is 0 Å². The predicted molar refractivity (Wildman–Crippen MR) is 74.5 cm³/mol. The first-order valence-electron chi connectivity index (χ1n) is 7.23. The van der Waals surface area contributed by atoms with Crippen molar-refractivity contribution >= 4 is 11.9 Å². The Hall–Kier alpha value is -1.84. The highest BCUT2D eigenvalue weighted by molar-refractivity contribution is 5.84. The second-order valence-electron chi connectivity index (χ2n) is 5.80. The molecule has 3 unspecified atom stereocenters. The quantitative estimate of drug-likeness (QED) is 0.901. The summed E-state index contributed by atoms with van der Waals surface area (Å²) in [5.74, 6) is 0.616. The third kappa shape index (κ3) is 2.30. The Morgan fingerprint density at radius 1 is 1.25 bits per heavy atom. The lowest BCUT2D eigenvalue weighted by Crippen LogP contribution is -2.51. The van der Waals surface area contributed by atoms with Gasteiger partial charge < -0.3 is 10.0 Å². The summed E-state index contributed by atoms with van der Waals surface area (Å²) in [6, 6.07) is 9.91. The number of carbonyl (C=O) groups is 2. The molecule has 0 radical (unpaired) electrons. The first-order valence-corrected chi connectivity index (χ1v) is 7.23. The Morgan fingerprint density at radius 2 is 2.00 bits per heavy atom. The number of ketones is 1. The number of carbonyl (C=O) groups excluding carboxylic acids is 1. The molecule has 4 nitrogen and oxygen atoms in total. The van der Waals surface area contributed by atoms with Crippen LogP contribution in [0.2, 0.25) is 0 Å². The molecular formula is C16H19NO3. The number of amides is 1. The highest BCUT2D eigenvalue weighted by Crippen LogP contribution is 2.40. The summed E-state index contributed by atoms with van der Waals surface area (Å²) in [5.41, 5.74) is 1.14. The second kappa shape index (κ2) is 5.27. The lowest BCUT2D eigenvalue weighted by atomic mass is 9.79. The fraction of sp³-hybridized carbons (Fsp3) is 0.500. The van der Waals surface area contributed by atoms with E-state index < -0.39 is 6.09 Å². The summed E-state index contributed by atoms with van der Waals surface area (Å²) in [6.07, 6.45) is 2.00. The van der Waals surface area contributed by atoms with Crippen LogP contribution in [0.1, 0.15) is 24.8 Å². The van der Waals surface area contributed by atoms with Gasteiger partial charge >= 0.3 is 6.09 Å². The van der Waals surface area contributed by atoms with Gasteiger partial charge in [-0.3, -0.25) is 4.79 Å². The average Bonchev–Trinajstić information content (AvgIpc) is 2.82. The number of carboxylic acid groups (broad SMARTS) is 1. The van der Waals surface area contributed by atoms with Gasteiger partial charge in [-0.25, -0.2) is 4.79 Å². The predicted octanol–water partition coefficient (Wildman–Crippen LogP) is 2.58. The van der Waals surface area contributed by atoms with Gasteiger partial charge in [0, 0.05) is 24.9 Å². The molecule has 0 aromatic heterocycles. The van der Waals surface area contributed by atoms with Crippen LogP contribution >= 0.6 is 0 Å². The zero-order valence-electron chi connectivity index (χ0n) is 11.4. The summed E-state index contributed by atoms with van der Waals surface area (Å²) >= 11 is 0. The van der Waals surface area contributed by atoms with Gasteiger partial charge in [-0.15, -0.1) is 0 Å². The molecule has 1 saturated heterocycles. The van der Waals surface area contributed by atoms with Crippen LogP contribution in [0.4, 0.5) is 4.79 Å². The summed E-state index contributed by atoms with van der Waals surface area (Å²) < 4.78 is 0. The van der Waals surface area contributed by atoms with Crippen molar-refractivity contribution in [3.63, 3.8) is 0 Å². The Bertz CT molecular complexity index is 514. The van der Waals surface area contributed by atoms with E-state index in [1.165, 1.54) is 0 Å². The number of nitrogens with zero attached hydrogens (tertiary/aromatic N) is 1. The molecule has 1 aromatic carbocycles. The summed E-state index contributed by atoms with van der Waals surface area (Å²) in [7, 11) is 0. The van der Waals surface area contributed by atoms with Gasteiger partial charge in [-0.05, 0) is 30.7 Å². The lowest BCUT2D eigenvalue weighted by molar-refractivity contribution is -0.122. The number of rotatable bonds is 2. The first kappa shape index (κ1) is 13.2. The number of Topliss-reactive ketones (excluding diaryl/α,β-unsaturated/α-hetero) is 1. The number of benzene rings is 1. The average molecular weight is 273 g/mol. The minimum absolute atomic E-state index is 0.0555. The monoisotopic (exact) mass is 273 g/mol. The molecule has 0 bridgehead atoms.